The van der Waals surface area contributed by atoms with E-state index in [-0.39, 0.29) is 17.9 Å². The minimum atomic E-state index is -0.227. The molecule has 0 spiro atoms. The van der Waals surface area contributed by atoms with E-state index in [1.54, 1.807) is 16.5 Å². The number of carbonyl (C=O) groups is 2. The van der Waals surface area contributed by atoms with Crippen molar-refractivity contribution in [1.29, 1.82) is 0 Å². The molecule has 1 aliphatic rings. The molecule has 0 aromatic carbocycles. The van der Waals surface area contributed by atoms with Crippen LogP contribution in [-0.4, -0.2) is 46.4 Å². The maximum atomic E-state index is 12.2. The van der Waals surface area contributed by atoms with Crippen LogP contribution in [0.3, 0.4) is 0 Å². The van der Waals surface area contributed by atoms with Gasteiger partial charge in [0.1, 0.15) is 0 Å². The van der Waals surface area contributed by atoms with Crippen molar-refractivity contribution in [2.24, 2.45) is 13.0 Å². The molecule has 2 rings (SSSR count). The van der Waals surface area contributed by atoms with Crippen LogP contribution >= 0.6 is 0 Å². The van der Waals surface area contributed by atoms with Gasteiger partial charge in [0.2, 0.25) is 0 Å². The van der Waals surface area contributed by atoms with Crippen molar-refractivity contribution in [3.05, 3.63) is 11.8 Å². The molecule has 1 unspecified atom stereocenters. The highest BCUT2D eigenvalue weighted by molar-refractivity contribution is 5.88. The minimum absolute atomic E-state index is 0.219. The average Bonchev–Trinajstić information content (AvgIpc) is 2.77. The molecule has 0 aliphatic carbocycles. The lowest BCUT2D eigenvalue weighted by Gasteiger charge is -2.31. The normalized spacial score (nSPS) is 18.4. The van der Waals surface area contributed by atoms with Crippen molar-refractivity contribution in [2.75, 3.05) is 25.0 Å². The zero-order valence-electron chi connectivity index (χ0n) is 12.8. The van der Waals surface area contributed by atoms with Crippen molar-refractivity contribution in [2.45, 2.75) is 26.7 Å². The van der Waals surface area contributed by atoms with Crippen molar-refractivity contribution < 1.29 is 14.3 Å². The number of amides is 2. The molecule has 1 aliphatic heterocycles. The Hall–Kier alpha value is -2.05. The Balaban J connectivity index is 1.94. The first-order valence-corrected chi connectivity index (χ1v) is 7.24. The number of esters is 1. The Kier molecular flexibility index (Phi) is 4.82. The molecular weight excluding hydrogens is 272 g/mol. The van der Waals surface area contributed by atoms with Gasteiger partial charge in [0, 0.05) is 31.9 Å². The smallest absolute Gasteiger partial charge is 0.323 e. The predicted molar refractivity (Wildman–Crippen MR) is 77.9 cm³/mol. The first-order chi connectivity index (χ1) is 10.0. The van der Waals surface area contributed by atoms with E-state index in [0.29, 0.717) is 25.5 Å². The van der Waals surface area contributed by atoms with Crippen molar-refractivity contribution >= 4 is 17.8 Å². The summed E-state index contributed by atoms with van der Waals surface area (Å²) in [4.78, 5) is 25.7. The van der Waals surface area contributed by atoms with Crippen LogP contribution < -0.4 is 5.32 Å². The largest absolute Gasteiger partial charge is 0.466 e. The molecule has 7 heteroatoms. The zero-order valence-corrected chi connectivity index (χ0v) is 12.8. The summed E-state index contributed by atoms with van der Waals surface area (Å²) in [6, 6.07) is 1.59. The fraction of sp³-hybridized carbons (Fsp3) is 0.643. The van der Waals surface area contributed by atoms with Gasteiger partial charge in [0.25, 0.3) is 0 Å². The zero-order chi connectivity index (χ0) is 15.4. The Bertz CT molecular complexity index is 507. The molecule has 2 heterocycles. The van der Waals surface area contributed by atoms with Gasteiger partial charge < -0.3 is 9.64 Å². The monoisotopic (exact) mass is 294 g/mol. The number of aromatic nitrogens is 2. The first-order valence-electron chi connectivity index (χ1n) is 7.24. The average molecular weight is 294 g/mol. The van der Waals surface area contributed by atoms with Gasteiger partial charge in [0.15, 0.2) is 5.82 Å². The number of nitrogens with zero attached hydrogens (tertiary/aromatic N) is 3. The highest BCUT2D eigenvalue weighted by atomic mass is 16.5. The van der Waals surface area contributed by atoms with Crippen molar-refractivity contribution in [3.8, 4) is 0 Å². The lowest BCUT2D eigenvalue weighted by Crippen LogP contribution is -2.44. The maximum Gasteiger partial charge on any atom is 0.323 e. The molecule has 2 amide bonds. The molecule has 0 saturated carbocycles. The number of aryl methyl sites for hydroxylation is 2. The van der Waals surface area contributed by atoms with Crippen LogP contribution in [0.25, 0.3) is 0 Å². The fourth-order valence-electron chi connectivity index (χ4n) is 2.42. The predicted octanol–water partition coefficient (Wildman–Crippen LogP) is 1.54. The van der Waals surface area contributed by atoms with Crippen LogP contribution in [0, 0.1) is 12.8 Å². The molecule has 1 N–H and O–H groups in total. The van der Waals surface area contributed by atoms with Gasteiger partial charge in [-0.25, -0.2) is 4.79 Å². The molecule has 0 bridgehead atoms. The van der Waals surface area contributed by atoms with E-state index in [4.69, 9.17) is 4.74 Å². The Morgan fingerprint density at radius 1 is 1.52 bits per heavy atom. The third kappa shape index (κ3) is 3.74. The van der Waals surface area contributed by atoms with Gasteiger partial charge in [-0.2, -0.15) is 5.10 Å². The second-order valence-electron chi connectivity index (χ2n) is 5.26. The Morgan fingerprint density at radius 2 is 2.29 bits per heavy atom. The van der Waals surface area contributed by atoms with Crippen LogP contribution in [0.15, 0.2) is 6.07 Å². The summed E-state index contributed by atoms with van der Waals surface area (Å²) >= 11 is 0. The van der Waals surface area contributed by atoms with E-state index < -0.39 is 0 Å². The first kappa shape index (κ1) is 15.3. The van der Waals surface area contributed by atoms with Gasteiger partial charge in [-0.05, 0) is 26.7 Å². The molecule has 7 nitrogen and oxygen atoms in total. The van der Waals surface area contributed by atoms with E-state index >= 15 is 0 Å². The molecule has 1 aromatic heterocycles. The quantitative estimate of drug-likeness (QED) is 0.858. The lowest BCUT2D eigenvalue weighted by atomic mass is 9.98. The number of carbonyl (C=O) groups excluding carboxylic acids is 2. The molecule has 1 atom stereocenters. The maximum absolute atomic E-state index is 12.2. The summed E-state index contributed by atoms with van der Waals surface area (Å²) in [6.07, 6.45) is 1.57. The van der Waals surface area contributed by atoms with E-state index in [2.05, 4.69) is 10.4 Å². The van der Waals surface area contributed by atoms with Crippen molar-refractivity contribution in [3.63, 3.8) is 0 Å². The highest BCUT2D eigenvalue weighted by Gasteiger charge is 2.29. The van der Waals surface area contributed by atoms with Crippen LogP contribution in [-0.2, 0) is 16.6 Å². The summed E-state index contributed by atoms with van der Waals surface area (Å²) in [6.45, 7) is 5.12. The van der Waals surface area contributed by atoms with E-state index in [1.807, 2.05) is 20.0 Å². The van der Waals surface area contributed by atoms with Gasteiger partial charge in [-0.3, -0.25) is 14.8 Å². The van der Waals surface area contributed by atoms with Crippen molar-refractivity contribution in [1.82, 2.24) is 14.7 Å². The number of likely N-dealkylation sites (tertiary alicyclic amines) is 1. The van der Waals surface area contributed by atoms with E-state index in [1.165, 1.54) is 0 Å². The number of urea groups is 1. The highest BCUT2D eigenvalue weighted by Crippen LogP contribution is 2.19. The second-order valence-corrected chi connectivity index (χ2v) is 5.26. The van der Waals surface area contributed by atoms with Crippen LogP contribution in [0.4, 0.5) is 10.6 Å². The molecular formula is C14H22N4O3. The summed E-state index contributed by atoms with van der Waals surface area (Å²) in [5.41, 5.74) is 0.966. The number of ether oxygens (including phenoxy) is 1. The Labute approximate surface area is 124 Å². The molecule has 1 saturated heterocycles. The number of rotatable bonds is 3. The molecule has 1 aromatic rings. The SMILES string of the molecule is CCOC(=O)C1CCCN(C(=O)Nc2cc(C)n(C)n2)C1. The topological polar surface area (TPSA) is 76.5 Å². The number of anilines is 1. The van der Waals surface area contributed by atoms with Crippen LogP contribution in [0.2, 0.25) is 0 Å². The fourth-order valence-corrected chi connectivity index (χ4v) is 2.42. The summed E-state index contributed by atoms with van der Waals surface area (Å²) in [7, 11) is 1.82. The third-order valence-corrected chi connectivity index (χ3v) is 3.68. The van der Waals surface area contributed by atoms with Crippen LogP contribution in [0.5, 0.6) is 0 Å². The van der Waals surface area contributed by atoms with E-state index in [9.17, 15) is 9.59 Å². The van der Waals surface area contributed by atoms with Gasteiger partial charge in [-0.15, -0.1) is 0 Å². The molecule has 116 valence electrons. The number of hydrogen-bond donors (Lipinski definition) is 1. The number of hydrogen-bond acceptors (Lipinski definition) is 4. The standard InChI is InChI=1S/C14H22N4O3/c1-4-21-13(19)11-6-5-7-18(9-11)14(20)15-12-8-10(2)17(3)16-12/h8,11H,4-7,9H2,1-3H3,(H,15,16,20). The third-order valence-electron chi connectivity index (χ3n) is 3.68. The second kappa shape index (κ2) is 6.60. The molecule has 1 fully saturated rings. The number of piperidine rings is 1. The van der Waals surface area contributed by atoms with Gasteiger partial charge >= 0.3 is 12.0 Å². The van der Waals surface area contributed by atoms with Gasteiger partial charge in [0.05, 0.1) is 12.5 Å². The summed E-state index contributed by atoms with van der Waals surface area (Å²) in [5.74, 6) is 0.0804. The van der Waals surface area contributed by atoms with Gasteiger partial charge in [-0.1, -0.05) is 0 Å². The number of nitrogens with one attached hydrogen (secondary N) is 1. The summed E-state index contributed by atoms with van der Waals surface area (Å²) in [5, 5.41) is 6.96. The molecule has 0 radical (unpaired) electrons. The summed E-state index contributed by atoms with van der Waals surface area (Å²) < 4.78 is 6.74. The van der Waals surface area contributed by atoms with Crippen LogP contribution in [0.1, 0.15) is 25.5 Å². The lowest BCUT2D eigenvalue weighted by molar-refractivity contribution is -0.149. The van der Waals surface area contributed by atoms with E-state index in [0.717, 1.165) is 18.5 Å². The molecule has 21 heavy (non-hydrogen) atoms. The minimum Gasteiger partial charge on any atom is -0.466 e. The Morgan fingerprint density at radius 3 is 2.90 bits per heavy atom.